The van der Waals surface area contributed by atoms with E-state index in [1.165, 1.54) is 30.9 Å². The van der Waals surface area contributed by atoms with Crippen molar-refractivity contribution in [3.05, 3.63) is 57.6 Å². The molecule has 0 aliphatic heterocycles. The van der Waals surface area contributed by atoms with Crippen LogP contribution in [-0.4, -0.2) is 59.9 Å². The molecule has 0 radical (unpaired) electrons. The summed E-state index contributed by atoms with van der Waals surface area (Å²) in [5.74, 6) is -0.553. The number of aliphatic hydroxyl groups excluding tert-OH is 1. The number of carbonyl (C=O) groups is 1. The maximum absolute atomic E-state index is 14.6. The number of allylic oxidation sites excluding steroid dienone is 1. The van der Waals surface area contributed by atoms with Crippen LogP contribution in [-0.2, 0) is 27.7 Å². The van der Waals surface area contributed by atoms with E-state index in [9.17, 15) is 22.7 Å². The standard InChI is InChI=1S/C24H34ClFN4O5S/c1-15-19(12-17-8-9-21(20(25)13-17)36(33,34)29(6)7)22(16(2)31)30(28-15)14-18(26)10-11-27-23(32)35-24(3,4)5/h8-10,13,16,31H,11-12,14H2,1-7H3,(H,27,32)/b18-10-/t16-/m0/s1. The third kappa shape index (κ3) is 7.76. The lowest BCUT2D eigenvalue weighted by molar-refractivity contribution is 0.0534. The second-order valence-corrected chi connectivity index (χ2v) is 12.1. The number of aryl methyl sites for hydroxylation is 1. The molecule has 9 nitrogen and oxygen atoms in total. The minimum Gasteiger partial charge on any atom is -0.444 e. The average molecular weight is 545 g/mol. The lowest BCUT2D eigenvalue weighted by Crippen LogP contribution is -2.32. The van der Waals surface area contributed by atoms with Crippen LogP contribution in [0.5, 0.6) is 0 Å². The minimum absolute atomic E-state index is 0.00622. The molecule has 200 valence electrons. The highest BCUT2D eigenvalue weighted by Gasteiger charge is 2.23. The molecule has 1 aromatic carbocycles. The molecule has 0 saturated heterocycles. The van der Waals surface area contributed by atoms with Crippen molar-refractivity contribution in [2.24, 2.45) is 0 Å². The molecule has 2 N–H and O–H groups in total. The van der Waals surface area contributed by atoms with Gasteiger partial charge in [-0.05, 0) is 58.4 Å². The Kier molecular flexibility index (Phi) is 9.69. The third-order valence-corrected chi connectivity index (χ3v) is 7.39. The number of benzene rings is 1. The van der Waals surface area contributed by atoms with Gasteiger partial charge in [0.25, 0.3) is 0 Å². The number of nitrogens with zero attached hydrogens (tertiary/aromatic N) is 3. The molecule has 0 aliphatic rings. The van der Waals surface area contributed by atoms with Crippen LogP contribution in [0.4, 0.5) is 9.18 Å². The smallest absolute Gasteiger partial charge is 0.407 e. The first-order valence-electron chi connectivity index (χ1n) is 11.3. The molecule has 0 fully saturated rings. The number of ether oxygens (including phenoxy) is 1. The number of amides is 1. The fourth-order valence-corrected chi connectivity index (χ4v) is 4.91. The lowest BCUT2D eigenvalue weighted by Gasteiger charge is -2.19. The minimum atomic E-state index is -3.70. The van der Waals surface area contributed by atoms with Crippen LogP contribution in [0, 0.1) is 6.92 Å². The van der Waals surface area contributed by atoms with Gasteiger partial charge in [0.1, 0.15) is 16.3 Å². The van der Waals surface area contributed by atoms with E-state index in [0.717, 1.165) is 4.31 Å². The quantitative estimate of drug-likeness (QED) is 0.491. The number of aliphatic hydroxyl groups is 1. The lowest BCUT2D eigenvalue weighted by atomic mass is 10.0. The van der Waals surface area contributed by atoms with Crippen molar-refractivity contribution < 1.29 is 27.4 Å². The number of alkyl carbamates (subject to hydrolysis) is 1. The Morgan fingerprint density at radius 2 is 2.00 bits per heavy atom. The van der Waals surface area contributed by atoms with Crippen molar-refractivity contribution in [3.8, 4) is 0 Å². The number of aromatic nitrogens is 2. The summed E-state index contributed by atoms with van der Waals surface area (Å²) in [6.45, 7) is 8.18. The number of hydrogen-bond donors (Lipinski definition) is 2. The monoisotopic (exact) mass is 544 g/mol. The zero-order chi connectivity index (χ0) is 27.4. The molecule has 0 aliphatic carbocycles. The maximum Gasteiger partial charge on any atom is 0.407 e. The number of nitrogens with one attached hydrogen (secondary N) is 1. The van der Waals surface area contributed by atoms with E-state index in [-0.39, 0.29) is 23.0 Å². The predicted molar refractivity (Wildman–Crippen MR) is 136 cm³/mol. The number of halogens is 2. The molecule has 1 atom stereocenters. The Labute approximate surface area is 216 Å². The molecule has 0 spiro atoms. The van der Waals surface area contributed by atoms with Gasteiger partial charge < -0.3 is 15.2 Å². The van der Waals surface area contributed by atoms with E-state index >= 15 is 0 Å². The second kappa shape index (κ2) is 11.7. The number of hydrogen-bond acceptors (Lipinski definition) is 6. The van der Waals surface area contributed by atoms with Crippen LogP contribution in [0.25, 0.3) is 0 Å². The zero-order valence-corrected chi connectivity index (χ0v) is 23.2. The summed E-state index contributed by atoms with van der Waals surface area (Å²) in [4.78, 5) is 11.7. The van der Waals surface area contributed by atoms with Crippen molar-refractivity contribution >= 4 is 27.7 Å². The fourth-order valence-electron chi connectivity index (χ4n) is 3.47. The molecular weight excluding hydrogens is 511 g/mol. The SMILES string of the molecule is Cc1nn(C/C(F)=C/CNC(=O)OC(C)(C)C)c([C@H](C)O)c1Cc1ccc(S(=O)(=O)N(C)C)c(Cl)c1. The Morgan fingerprint density at radius 1 is 1.36 bits per heavy atom. The van der Waals surface area contributed by atoms with Gasteiger partial charge >= 0.3 is 6.09 Å². The van der Waals surface area contributed by atoms with Gasteiger partial charge in [-0.2, -0.15) is 5.10 Å². The molecule has 1 aromatic heterocycles. The summed E-state index contributed by atoms with van der Waals surface area (Å²) in [6.07, 6.45) is -0.0929. The summed E-state index contributed by atoms with van der Waals surface area (Å²) >= 11 is 6.27. The Bertz CT molecular complexity index is 1230. The largest absolute Gasteiger partial charge is 0.444 e. The normalized spacial score (nSPS) is 13.7. The first kappa shape index (κ1) is 29.8. The van der Waals surface area contributed by atoms with Gasteiger partial charge in [0.15, 0.2) is 0 Å². The van der Waals surface area contributed by atoms with Crippen molar-refractivity contribution in [2.45, 2.75) is 64.2 Å². The number of carbonyl (C=O) groups excluding carboxylic acids is 1. The average Bonchev–Trinajstić information content (AvgIpc) is 3.01. The first-order valence-corrected chi connectivity index (χ1v) is 13.1. The molecule has 0 saturated carbocycles. The third-order valence-electron chi connectivity index (χ3n) is 5.10. The van der Waals surface area contributed by atoms with Crippen molar-refractivity contribution in [1.29, 1.82) is 0 Å². The highest BCUT2D eigenvalue weighted by molar-refractivity contribution is 7.89. The van der Waals surface area contributed by atoms with Gasteiger partial charge in [0.2, 0.25) is 10.0 Å². The van der Waals surface area contributed by atoms with Gasteiger partial charge in [-0.1, -0.05) is 17.7 Å². The molecule has 0 unspecified atom stereocenters. The molecule has 2 rings (SSSR count). The Balaban J connectivity index is 2.24. The summed E-state index contributed by atoms with van der Waals surface area (Å²) in [7, 11) is -0.848. The molecule has 36 heavy (non-hydrogen) atoms. The van der Waals surface area contributed by atoms with E-state index in [4.69, 9.17) is 16.3 Å². The molecule has 1 amide bonds. The Morgan fingerprint density at radius 3 is 2.53 bits per heavy atom. The van der Waals surface area contributed by atoms with Crippen molar-refractivity contribution in [3.63, 3.8) is 0 Å². The molecule has 12 heteroatoms. The van der Waals surface area contributed by atoms with E-state index < -0.39 is 33.6 Å². The highest BCUT2D eigenvalue weighted by atomic mass is 35.5. The van der Waals surface area contributed by atoms with Gasteiger partial charge in [-0.25, -0.2) is 21.9 Å². The van der Waals surface area contributed by atoms with Gasteiger partial charge in [-0.15, -0.1) is 0 Å². The van der Waals surface area contributed by atoms with Crippen molar-refractivity contribution in [2.75, 3.05) is 20.6 Å². The van der Waals surface area contributed by atoms with Gasteiger partial charge in [0.05, 0.1) is 29.1 Å². The fraction of sp³-hybridized carbons (Fsp3) is 0.500. The maximum atomic E-state index is 14.6. The molecule has 0 bridgehead atoms. The van der Waals surface area contributed by atoms with Crippen LogP contribution in [0.3, 0.4) is 0 Å². The predicted octanol–water partition coefficient (Wildman–Crippen LogP) is 4.12. The summed E-state index contributed by atoms with van der Waals surface area (Å²) in [5.41, 5.74) is 1.75. The topological polar surface area (TPSA) is 114 Å². The highest BCUT2D eigenvalue weighted by Crippen LogP contribution is 2.29. The van der Waals surface area contributed by atoms with Crippen LogP contribution >= 0.6 is 11.6 Å². The molecule has 2 aromatic rings. The van der Waals surface area contributed by atoms with E-state index in [1.807, 2.05) is 0 Å². The van der Waals surface area contributed by atoms with Crippen LogP contribution < -0.4 is 5.32 Å². The van der Waals surface area contributed by atoms with Crippen LogP contribution in [0.15, 0.2) is 35.0 Å². The van der Waals surface area contributed by atoms with Gasteiger partial charge in [-0.3, -0.25) is 4.68 Å². The number of rotatable bonds is 9. The van der Waals surface area contributed by atoms with E-state index in [2.05, 4.69) is 10.4 Å². The van der Waals surface area contributed by atoms with Crippen molar-refractivity contribution in [1.82, 2.24) is 19.4 Å². The molecular formula is C24H34ClFN4O5S. The summed E-state index contributed by atoms with van der Waals surface area (Å²) in [5, 5.41) is 17.4. The number of sulfonamides is 1. The van der Waals surface area contributed by atoms with E-state index in [0.29, 0.717) is 28.9 Å². The second-order valence-electron chi connectivity index (χ2n) is 9.55. The summed E-state index contributed by atoms with van der Waals surface area (Å²) in [6, 6.07) is 4.64. The summed E-state index contributed by atoms with van der Waals surface area (Å²) < 4.78 is 47.0. The first-order chi connectivity index (χ1) is 16.5. The zero-order valence-electron chi connectivity index (χ0n) is 21.6. The van der Waals surface area contributed by atoms with Crippen LogP contribution in [0.1, 0.15) is 56.3 Å². The van der Waals surface area contributed by atoms with Crippen LogP contribution in [0.2, 0.25) is 5.02 Å². The van der Waals surface area contributed by atoms with E-state index in [1.54, 1.807) is 46.8 Å². The Hall–Kier alpha value is -2.47. The van der Waals surface area contributed by atoms with Gasteiger partial charge in [0, 0.05) is 32.6 Å². The molecule has 1 heterocycles.